The third kappa shape index (κ3) is 5.12. The van der Waals surface area contributed by atoms with Gasteiger partial charge in [0.05, 0.1) is 0 Å². The quantitative estimate of drug-likeness (QED) is 0.819. The SMILES string of the molecule is CCN1CCCC(C(C)NCCC(C)c2ccccc2)C1. The molecule has 0 saturated carbocycles. The predicted octanol–water partition coefficient (Wildman–Crippen LogP) is 3.89. The number of nitrogens with one attached hydrogen (secondary N) is 1. The van der Waals surface area contributed by atoms with Gasteiger partial charge in [0.15, 0.2) is 0 Å². The van der Waals surface area contributed by atoms with Gasteiger partial charge in [-0.05, 0) is 63.2 Å². The Morgan fingerprint density at radius 3 is 2.71 bits per heavy atom. The summed E-state index contributed by atoms with van der Waals surface area (Å²) in [5, 5.41) is 3.77. The highest BCUT2D eigenvalue weighted by molar-refractivity contribution is 5.18. The van der Waals surface area contributed by atoms with Crippen molar-refractivity contribution in [2.75, 3.05) is 26.2 Å². The third-order valence-electron chi connectivity index (χ3n) is 5.11. The van der Waals surface area contributed by atoms with E-state index in [1.807, 2.05) is 0 Å². The van der Waals surface area contributed by atoms with Gasteiger partial charge in [-0.15, -0.1) is 0 Å². The maximum absolute atomic E-state index is 3.77. The predicted molar refractivity (Wildman–Crippen MR) is 91.8 cm³/mol. The number of likely N-dealkylation sites (tertiary alicyclic amines) is 1. The Balaban J connectivity index is 1.70. The molecule has 2 heteroatoms. The molecule has 1 aliphatic rings. The Labute approximate surface area is 130 Å². The zero-order chi connectivity index (χ0) is 15.1. The summed E-state index contributed by atoms with van der Waals surface area (Å²) >= 11 is 0. The lowest BCUT2D eigenvalue weighted by Gasteiger charge is -2.35. The van der Waals surface area contributed by atoms with Crippen molar-refractivity contribution in [1.82, 2.24) is 10.2 Å². The summed E-state index contributed by atoms with van der Waals surface area (Å²) in [6, 6.07) is 11.5. The molecule has 0 aliphatic carbocycles. The highest BCUT2D eigenvalue weighted by Gasteiger charge is 2.23. The van der Waals surface area contributed by atoms with Gasteiger partial charge < -0.3 is 10.2 Å². The van der Waals surface area contributed by atoms with E-state index in [0.717, 1.165) is 12.5 Å². The molecular weight excluding hydrogens is 256 g/mol. The third-order valence-corrected chi connectivity index (χ3v) is 5.11. The van der Waals surface area contributed by atoms with Gasteiger partial charge in [0.1, 0.15) is 0 Å². The minimum absolute atomic E-state index is 0.641. The summed E-state index contributed by atoms with van der Waals surface area (Å²) in [5.41, 5.74) is 1.46. The lowest BCUT2D eigenvalue weighted by molar-refractivity contribution is 0.157. The van der Waals surface area contributed by atoms with Gasteiger partial charge in [0.25, 0.3) is 0 Å². The maximum Gasteiger partial charge on any atom is 0.00792 e. The molecule has 1 aliphatic heterocycles. The highest BCUT2D eigenvalue weighted by Crippen LogP contribution is 2.21. The van der Waals surface area contributed by atoms with Crippen LogP contribution < -0.4 is 5.32 Å². The van der Waals surface area contributed by atoms with E-state index < -0.39 is 0 Å². The van der Waals surface area contributed by atoms with E-state index in [9.17, 15) is 0 Å². The van der Waals surface area contributed by atoms with Gasteiger partial charge in [0.2, 0.25) is 0 Å². The van der Waals surface area contributed by atoms with Gasteiger partial charge in [-0.1, -0.05) is 44.2 Å². The average molecular weight is 288 g/mol. The molecule has 3 atom stereocenters. The van der Waals surface area contributed by atoms with Crippen LogP contribution in [0.1, 0.15) is 51.5 Å². The molecule has 0 bridgehead atoms. The van der Waals surface area contributed by atoms with Crippen molar-refractivity contribution in [3.05, 3.63) is 35.9 Å². The van der Waals surface area contributed by atoms with Crippen LogP contribution in [0.2, 0.25) is 0 Å². The summed E-state index contributed by atoms with van der Waals surface area (Å²) in [5.74, 6) is 1.47. The van der Waals surface area contributed by atoms with Gasteiger partial charge in [0, 0.05) is 12.6 Å². The molecule has 118 valence electrons. The molecule has 1 aromatic carbocycles. The van der Waals surface area contributed by atoms with E-state index in [0.29, 0.717) is 12.0 Å². The first-order valence-electron chi connectivity index (χ1n) is 8.71. The van der Waals surface area contributed by atoms with Gasteiger partial charge in [-0.25, -0.2) is 0 Å². The number of hydrogen-bond donors (Lipinski definition) is 1. The largest absolute Gasteiger partial charge is 0.314 e. The summed E-state index contributed by atoms with van der Waals surface area (Å²) in [6.07, 6.45) is 3.97. The van der Waals surface area contributed by atoms with Gasteiger partial charge >= 0.3 is 0 Å². The lowest BCUT2D eigenvalue weighted by Crippen LogP contribution is -2.44. The molecule has 1 aromatic rings. The number of rotatable bonds is 7. The van der Waals surface area contributed by atoms with E-state index in [1.54, 1.807) is 0 Å². The Morgan fingerprint density at radius 1 is 1.24 bits per heavy atom. The maximum atomic E-state index is 3.77. The van der Waals surface area contributed by atoms with Crippen molar-refractivity contribution in [3.63, 3.8) is 0 Å². The first-order chi connectivity index (χ1) is 10.2. The van der Waals surface area contributed by atoms with Crippen LogP contribution in [-0.4, -0.2) is 37.1 Å². The highest BCUT2D eigenvalue weighted by atomic mass is 15.1. The summed E-state index contributed by atoms with van der Waals surface area (Å²) in [6.45, 7) is 11.9. The van der Waals surface area contributed by atoms with E-state index in [-0.39, 0.29) is 0 Å². The van der Waals surface area contributed by atoms with Crippen LogP contribution in [-0.2, 0) is 0 Å². The molecular formula is C19H32N2. The van der Waals surface area contributed by atoms with Crippen molar-refractivity contribution in [3.8, 4) is 0 Å². The van der Waals surface area contributed by atoms with E-state index in [1.165, 1.54) is 44.5 Å². The second kappa shape index (κ2) is 8.55. The molecule has 3 unspecified atom stereocenters. The standard InChI is InChI=1S/C19H32N2/c1-4-21-14-8-11-19(15-21)17(3)20-13-12-16(2)18-9-6-5-7-10-18/h5-7,9-10,16-17,19-20H,4,8,11-15H2,1-3H3. The second-order valence-electron chi connectivity index (χ2n) is 6.64. The normalized spacial score (nSPS) is 22.9. The Bertz CT molecular complexity index is 390. The fourth-order valence-corrected chi connectivity index (χ4v) is 3.43. The summed E-state index contributed by atoms with van der Waals surface area (Å²) < 4.78 is 0. The molecule has 2 rings (SSSR count). The van der Waals surface area contributed by atoms with Crippen LogP contribution in [0.25, 0.3) is 0 Å². The number of hydrogen-bond acceptors (Lipinski definition) is 2. The molecule has 0 radical (unpaired) electrons. The molecule has 21 heavy (non-hydrogen) atoms. The van der Waals surface area contributed by atoms with E-state index in [4.69, 9.17) is 0 Å². The fraction of sp³-hybridized carbons (Fsp3) is 0.684. The van der Waals surface area contributed by atoms with Crippen LogP contribution >= 0.6 is 0 Å². The minimum Gasteiger partial charge on any atom is -0.314 e. The van der Waals surface area contributed by atoms with Crippen molar-refractivity contribution in [2.45, 2.75) is 52.0 Å². The number of piperidine rings is 1. The average Bonchev–Trinajstić information content (AvgIpc) is 2.55. The molecule has 1 heterocycles. The molecule has 1 fully saturated rings. The van der Waals surface area contributed by atoms with Crippen molar-refractivity contribution >= 4 is 0 Å². The molecule has 0 aromatic heterocycles. The van der Waals surface area contributed by atoms with Gasteiger partial charge in [-0.2, -0.15) is 0 Å². The zero-order valence-electron chi connectivity index (χ0n) is 14.0. The number of benzene rings is 1. The molecule has 0 amide bonds. The van der Waals surface area contributed by atoms with Crippen LogP contribution in [0.4, 0.5) is 0 Å². The topological polar surface area (TPSA) is 15.3 Å². The van der Waals surface area contributed by atoms with Crippen molar-refractivity contribution in [1.29, 1.82) is 0 Å². The van der Waals surface area contributed by atoms with Crippen LogP contribution in [0.5, 0.6) is 0 Å². The Kier molecular flexibility index (Phi) is 6.72. The van der Waals surface area contributed by atoms with E-state index in [2.05, 4.69) is 61.3 Å². The molecule has 0 spiro atoms. The van der Waals surface area contributed by atoms with Gasteiger partial charge in [-0.3, -0.25) is 0 Å². The van der Waals surface area contributed by atoms with Crippen LogP contribution in [0, 0.1) is 5.92 Å². The second-order valence-corrected chi connectivity index (χ2v) is 6.64. The summed E-state index contributed by atoms with van der Waals surface area (Å²) in [4.78, 5) is 2.60. The lowest BCUT2D eigenvalue weighted by atomic mass is 9.91. The first kappa shape index (κ1) is 16.5. The minimum atomic E-state index is 0.641. The fourth-order valence-electron chi connectivity index (χ4n) is 3.43. The molecule has 2 nitrogen and oxygen atoms in total. The van der Waals surface area contributed by atoms with Crippen molar-refractivity contribution in [2.24, 2.45) is 5.92 Å². The smallest absolute Gasteiger partial charge is 0.00792 e. The van der Waals surface area contributed by atoms with Crippen molar-refractivity contribution < 1.29 is 0 Å². The van der Waals surface area contributed by atoms with Crippen LogP contribution in [0.15, 0.2) is 30.3 Å². The van der Waals surface area contributed by atoms with E-state index >= 15 is 0 Å². The monoisotopic (exact) mass is 288 g/mol. The summed E-state index contributed by atoms with van der Waals surface area (Å²) in [7, 11) is 0. The number of nitrogens with zero attached hydrogens (tertiary/aromatic N) is 1. The molecule has 1 saturated heterocycles. The molecule has 1 N–H and O–H groups in total. The van der Waals surface area contributed by atoms with Crippen LogP contribution in [0.3, 0.4) is 0 Å². The Morgan fingerprint density at radius 2 is 2.00 bits per heavy atom. The first-order valence-corrected chi connectivity index (χ1v) is 8.71. The zero-order valence-corrected chi connectivity index (χ0v) is 14.0. The Hall–Kier alpha value is -0.860.